The van der Waals surface area contributed by atoms with Gasteiger partial charge in [-0.25, -0.2) is 18.3 Å². The number of hydrogen-bond donors (Lipinski definition) is 0. The van der Waals surface area contributed by atoms with Gasteiger partial charge in [-0.1, -0.05) is 0 Å². The number of halogens is 2. The number of aromatic nitrogens is 2. The Morgan fingerprint density at radius 1 is 0.815 bits per heavy atom. The maximum atomic E-state index is 13.3. The predicted octanol–water partition coefficient (Wildman–Crippen LogP) is 5.09. The Labute approximate surface area is 160 Å². The lowest BCUT2D eigenvalue weighted by molar-refractivity contribution is -0.688. The summed E-state index contributed by atoms with van der Waals surface area (Å²) in [6.07, 6.45) is 6.98. The topological polar surface area (TPSA) is 16.8 Å². The zero-order chi connectivity index (χ0) is 18.6. The van der Waals surface area contributed by atoms with Crippen molar-refractivity contribution in [3.63, 3.8) is 0 Å². The first-order valence-corrected chi connectivity index (χ1v) is 9.75. The summed E-state index contributed by atoms with van der Waals surface area (Å²) in [4.78, 5) is 4.57. The highest BCUT2D eigenvalue weighted by Gasteiger charge is 2.07. The summed E-state index contributed by atoms with van der Waals surface area (Å²) in [5.74, 6) is -0.423. The van der Waals surface area contributed by atoms with Crippen molar-refractivity contribution in [3.05, 3.63) is 94.8 Å². The van der Waals surface area contributed by atoms with E-state index >= 15 is 0 Å². The molecule has 0 amide bonds. The van der Waals surface area contributed by atoms with E-state index in [2.05, 4.69) is 34.1 Å². The number of benzene rings is 2. The lowest BCUT2D eigenvalue weighted by atomic mass is 10.1. The van der Waals surface area contributed by atoms with Gasteiger partial charge in [-0.15, -0.1) is 11.3 Å². The van der Waals surface area contributed by atoms with Crippen molar-refractivity contribution >= 4 is 21.6 Å². The normalized spacial score (nSPS) is 11.2. The van der Waals surface area contributed by atoms with Crippen LogP contribution >= 0.6 is 11.3 Å². The molecule has 0 radical (unpaired) electrons. The summed E-state index contributed by atoms with van der Waals surface area (Å²) in [7, 11) is 0. The molecule has 0 N–H and O–H groups in total. The molecule has 0 atom stereocenters. The van der Waals surface area contributed by atoms with E-state index in [1.807, 2.05) is 0 Å². The van der Waals surface area contributed by atoms with Crippen molar-refractivity contribution in [1.29, 1.82) is 0 Å². The highest BCUT2D eigenvalue weighted by atomic mass is 32.1. The smallest absolute Gasteiger partial charge is 0.173 e. The molecule has 27 heavy (non-hydrogen) atoms. The first kappa shape index (κ1) is 17.7. The molecular formula is C22H19F2N2S+. The van der Waals surface area contributed by atoms with E-state index in [1.165, 1.54) is 23.8 Å². The van der Waals surface area contributed by atoms with Crippen molar-refractivity contribution in [2.24, 2.45) is 0 Å². The number of aryl methyl sites for hydroxylation is 2. The minimum absolute atomic E-state index is 0.211. The summed E-state index contributed by atoms with van der Waals surface area (Å²) in [5.41, 5.74) is 3.22. The van der Waals surface area contributed by atoms with Crippen molar-refractivity contribution in [2.45, 2.75) is 25.8 Å². The van der Waals surface area contributed by atoms with Crippen LogP contribution in [0.1, 0.15) is 22.6 Å². The maximum absolute atomic E-state index is 13.3. The minimum atomic E-state index is -0.212. The Kier molecular flexibility index (Phi) is 5.21. The molecule has 0 spiro atoms. The van der Waals surface area contributed by atoms with E-state index in [4.69, 9.17) is 0 Å². The van der Waals surface area contributed by atoms with Crippen LogP contribution in [0, 0.1) is 11.6 Å². The zero-order valence-corrected chi connectivity index (χ0v) is 15.6. The molecule has 136 valence electrons. The molecule has 0 aliphatic carbocycles. The van der Waals surface area contributed by atoms with Gasteiger partial charge in [0, 0.05) is 17.7 Å². The van der Waals surface area contributed by atoms with E-state index in [1.54, 1.807) is 35.6 Å². The molecule has 2 aromatic carbocycles. The lowest BCUT2D eigenvalue weighted by Gasteiger charge is -2.01. The van der Waals surface area contributed by atoms with Crippen molar-refractivity contribution in [1.82, 2.24) is 4.98 Å². The van der Waals surface area contributed by atoms with Gasteiger partial charge in [0.15, 0.2) is 18.9 Å². The summed E-state index contributed by atoms with van der Waals surface area (Å²) >= 11 is 1.57. The molecule has 0 aliphatic rings. The standard InChI is InChI=1S/C22H19F2N2S/c23-18-6-4-17(5-7-18)15-26-12-10-16(11-13-26)2-1-3-22-25-20-9-8-19(24)14-21(20)27-22/h4-14H,1-3,15H2/q+1. The van der Waals surface area contributed by atoms with Crippen LogP contribution in [-0.4, -0.2) is 4.98 Å². The molecule has 0 bridgehead atoms. The molecule has 2 heterocycles. The molecule has 4 aromatic rings. The lowest BCUT2D eigenvalue weighted by Crippen LogP contribution is -2.33. The van der Waals surface area contributed by atoms with Gasteiger partial charge in [0.2, 0.25) is 0 Å². The molecule has 2 aromatic heterocycles. The van der Waals surface area contributed by atoms with Gasteiger partial charge < -0.3 is 0 Å². The second-order valence-electron chi connectivity index (χ2n) is 6.58. The Balaban J connectivity index is 1.32. The number of hydrogen-bond acceptors (Lipinski definition) is 2. The molecule has 0 saturated heterocycles. The second kappa shape index (κ2) is 7.92. The number of thiazole rings is 1. The van der Waals surface area contributed by atoms with Gasteiger partial charge >= 0.3 is 0 Å². The summed E-state index contributed by atoms with van der Waals surface area (Å²) < 4.78 is 29.2. The maximum Gasteiger partial charge on any atom is 0.173 e. The molecule has 0 fully saturated rings. The van der Waals surface area contributed by atoms with Crippen LogP contribution in [0.4, 0.5) is 8.78 Å². The van der Waals surface area contributed by atoms with Gasteiger partial charge in [-0.05, 0) is 67.3 Å². The Morgan fingerprint density at radius 2 is 1.56 bits per heavy atom. The van der Waals surface area contributed by atoms with Crippen LogP contribution < -0.4 is 4.57 Å². The molecular weight excluding hydrogens is 362 g/mol. The average molecular weight is 381 g/mol. The monoisotopic (exact) mass is 381 g/mol. The summed E-state index contributed by atoms with van der Waals surface area (Å²) in [6.45, 7) is 0.725. The fourth-order valence-corrected chi connectivity index (χ4v) is 4.09. The van der Waals surface area contributed by atoms with E-state index in [-0.39, 0.29) is 11.6 Å². The van der Waals surface area contributed by atoms with E-state index in [0.29, 0.717) is 0 Å². The minimum Gasteiger partial charge on any atom is -0.241 e. The second-order valence-corrected chi connectivity index (χ2v) is 7.69. The molecule has 0 aliphatic heterocycles. The van der Waals surface area contributed by atoms with Crippen LogP contribution in [0.3, 0.4) is 0 Å². The summed E-state index contributed by atoms with van der Waals surface area (Å²) in [6, 6.07) is 15.6. The van der Waals surface area contributed by atoms with Gasteiger partial charge in [0.05, 0.1) is 15.2 Å². The number of nitrogens with zero attached hydrogens (tertiary/aromatic N) is 2. The Morgan fingerprint density at radius 3 is 2.33 bits per heavy atom. The number of pyridine rings is 1. The van der Waals surface area contributed by atoms with Gasteiger partial charge in [-0.2, -0.15) is 0 Å². The quantitative estimate of drug-likeness (QED) is 0.425. The average Bonchev–Trinajstić information content (AvgIpc) is 3.07. The molecule has 5 heteroatoms. The van der Waals surface area contributed by atoms with Crippen molar-refractivity contribution < 1.29 is 13.3 Å². The fourth-order valence-electron chi connectivity index (χ4n) is 3.06. The van der Waals surface area contributed by atoms with Crippen LogP contribution in [0.25, 0.3) is 10.2 Å². The highest BCUT2D eigenvalue weighted by molar-refractivity contribution is 7.18. The van der Waals surface area contributed by atoms with E-state index in [9.17, 15) is 8.78 Å². The number of rotatable bonds is 6. The van der Waals surface area contributed by atoms with Gasteiger partial charge in [0.1, 0.15) is 11.6 Å². The SMILES string of the molecule is Fc1ccc(C[n+]2ccc(CCCc3nc4ccc(F)cc4s3)cc2)cc1. The van der Waals surface area contributed by atoms with Crippen LogP contribution in [-0.2, 0) is 19.4 Å². The van der Waals surface area contributed by atoms with Gasteiger partial charge in [-0.3, -0.25) is 0 Å². The van der Waals surface area contributed by atoms with E-state index in [0.717, 1.165) is 46.6 Å². The fraction of sp³-hybridized carbons (Fsp3) is 0.182. The summed E-state index contributed by atoms with van der Waals surface area (Å²) in [5, 5.41) is 1.05. The Hall–Kier alpha value is -2.66. The third kappa shape index (κ3) is 4.55. The van der Waals surface area contributed by atoms with Crippen molar-refractivity contribution in [2.75, 3.05) is 0 Å². The Bertz CT molecular complexity index is 1040. The largest absolute Gasteiger partial charge is 0.241 e. The first-order chi connectivity index (χ1) is 13.2. The molecule has 2 nitrogen and oxygen atoms in total. The molecule has 0 unspecified atom stereocenters. The first-order valence-electron chi connectivity index (χ1n) is 8.93. The van der Waals surface area contributed by atoms with Crippen LogP contribution in [0.5, 0.6) is 0 Å². The van der Waals surface area contributed by atoms with Crippen molar-refractivity contribution in [3.8, 4) is 0 Å². The zero-order valence-electron chi connectivity index (χ0n) is 14.7. The third-order valence-electron chi connectivity index (χ3n) is 4.49. The molecule has 4 rings (SSSR count). The van der Waals surface area contributed by atoms with Crippen LogP contribution in [0.15, 0.2) is 67.0 Å². The predicted molar refractivity (Wildman–Crippen MR) is 104 cm³/mol. The third-order valence-corrected chi connectivity index (χ3v) is 5.57. The van der Waals surface area contributed by atoms with Gasteiger partial charge in [0.25, 0.3) is 0 Å². The molecule has 0 saturated carbocycles. The van der Waals surface area contributed by atoms with E-state index < -0.39 is 0 Å². The van der Waals surface area contributed by atoms with Crippen LogP contribution in [0.2, 0.25) is 0 Å². The number of fused-ring (bicyclic) bond motifs is 1. The highest BCUT2D eigenvalue weighted by Crippen LogP contribution is 2.24.